The zero-order chi connectivity index (χ0) is 16.1. The van der Waals surface area contributed by atoms with Crippen molar-refractivity contribution in [2.24, 2.45) is 0 Å². The number of hydrogen-bond acceptors (Lipinski definition) is 3. The predicted molar refractivity (Wildman–Crippen MR) is 73.3 cm³/mol. The molecule has 0 aromatic rings. The van der Waals surface area contributed by atoms with Crippen molar-refractivity contribution in [2.45, 2.75) is 64.1 Å². The van der Waals surface area contributed by atoms with Crippen LogP contribution in [0.2, 0.25) is 0 Å². The fourth-order valence-corrected chi connectivity index (χ4v) is 4.41. The molecule has 0 aromatic carbocycles. The van der Waals surface area contributed by atoms with Gasteiger partial charge in [0.05, 0.1) is 5.75 Å². The minimum Gasteiger partial charge on any atom is -0.300 e. The summed E-state index contributed by atoms with van der Waals surface area (Å²) in [6.07, 6.45) is -2.74. The van der Waals surface area contributed by atoms with Crippen molar-refractivity contribution in [1.29, 1.82) is 0 Å². The van der Waals surface area contributed by atoms with E-state index in [0.29, 0.717) is 19.4 Å². The van der Waals surface area contributed by atoms with E-state index in [2.05, 4.69) is 0 Å². The first kappa shape index (κ1) is 18.4. The molecule has 0 amide bonds. The third-order valence-corrected chi connectivity index (χ3v) is 5.57. The van der Waals surface area contributed by atoms with Gasteiger partial charge in [0, 0.05) is 25.4 Å². The number of Topliss-reactive ketones (excluding diaryl/α,β-unsaturated/α-hetero) is 1. The summed E-state index contributed by atoms with van der Waals surface area (Å²) in [6.45, 7) is 1.70. The Labute approximate surface area is 123 Å². The Morgan fingerprint density at radius 3 is 2.48 bits per heavy atom. The number of nitrogens with zero attached hydrogens (tertiary/aromatic N) is 1. The van der Waals surface area contributed by atoms with Crippen molar-refractivity contribution in [3.8, 4) is 0 Å². The Morgan fingerprint density at radius 2 is 1.90 bits per heavy atom. The van der Waals surface area contributed by atoms with Crippen LogP contribution in [0.4, 0.5) is 13.2 Å². The highest BCUT2D eigenvalue weighted by Gasteiger charge is 2.33. The summed E-state index contributed by atoms with van der Waals surface area (Å²) in [7, 11) is -3.74. The summed E-state index contributed by atoms with van der Waals surface area (Å²) in [5.41, 5.74) is 0. The molecule has 0 radical (unpaired) electrons. The molecular formula is C13H22F3NO3S. The largest absolute Gasteiger partial charge is 0.389 e. The number of rotatable bonds is 6. The maximum atomic E-state index is 12.3. The fraction of sp³-hybridized carbons (Fsp3) is 0.923. The van der Waals surface area contributed by atoms with Gasteiger partial charge in [-0.2, -0.15) is 17.5 Å². The molecule has 4 nitrogen and oxygen atoms in total. The van der Waals surface area contributed by atoms with E-state index in [4.69, 9.17) is 0 Å². The molecule has 1 heterocycles. The fourth-order valence-electron chi connectivity index (χ4n) is 2.63. The molecule has 0 bridgehead atoms. The second-order valence-corrected chi connectivity index (χ2v) is 7.60. The van der Waals surface area contributed by atoms with Gasteiger partial charge >= 0.3 is 6.18 Å². The molecule has 0 spiro atoms. The van der Waals surface area contributed by atoms with Gasteiger partial charge in [0.25, 0.3) is 0 Å². The number of carbonyl (C=O) groups is 1. The molecule has 0 aromatic heterocycles. The Morgan fingerprint density at radius 1 is 1.24 bits per heavy atom. The molecule has 8 heteroatoms. The lowest BCUT2D eigenvalue weighted by Gasteiger charge is -2.28. The summed E-state index contributed by atoms with van der Waals surface area (Å²) >= 11 is 0. The minimum absolute atomic E-state index is 0.0996. The van der Waals surface area contributed by atoms with E-state index >= 15 is 0 Å². The van der Waals surface area contributed by atoms with E-state index in [1.54, 1.807) is 0 Å². The van der Waals surface area contributed by atoms with Gasteiger partial charge in [0.2, 0.25) is 10.0 Å². The van der Waals surface area contributed by atoms with Crippen LogP contribution in [0.1, 0.15) is 51.9 Å². The SMILES string of the molecule is CC(=O)CC1CCCCCN1S(=O)(=O)CCCC(F)(F)F. The Kier molecular flexibility index (Phi) is 6.65. The van der Waals surface area contributed by atoms with Crippen LogP contribution in [0.5, 0.6) is 0 Å². The molecule has 1 aliphatic heterocycles. The van der Waals surface area contributed by atoms with E-state index in [0.717, 1.165) is 12.8 Å². The van der Waals surface area contributed by atoms with Crippen molar-refractivity contribution < 1.29 is 26.4 Å². The van der Waals surface area contributed by atoms with Crippen LogP contribution < -0.4 is 0 Å². The van der Waals surface area contributed by atoms with Crippen molar-refractivity contribution in [1.82, 2.24) is 4.31 Å². The maximum Gasteiger partial charge on any atom is 0.389 e. The van der Waals surface area contributed by atoms with Gasteiger partial charge in [-0.05, 0) is 26.2 Å². The normalized spacial score (nSPS) is 22.0. The average molecular weight is 329 g/mol. The highest BCUT2D eigenvalue weighted by Crippen LogP contribution is 2.25. The van der Waals surface area contributed by atoms with Crippen LogP contribution >= 0.6 is 0 Å². The third kappa shape index (κ3) is 6.78. The number of alkyl halides is 3. The molecule has 21 heavy (non-hydrogen) atoms. The lowest BCUT2D eigenvalue weighted by Crippen LogP contribution is -2.42. The van der Waals surface area contributed by atoms with Gasteiger partial charge in [-0.3, -0.25) is 4.79 Å². The first-order valence-corrected chi connectivity index (χ1v) is 8.78. The molecule has 1 fully saturated rings. The van der Waals surface area contributed by atoms with Crippen LogP contribution in [-0.4, -0.2) is 43.0 Å². The quantitative estimate of drug-likeness (QED) is 0.753. The second-order valence-electron chi connectivity index (χ2n) is 5.55. The van der Waals surface area contributed by atoms with E-state index < -0.39 is 40.8 Å². The smallest absolute Gasteiger partial charge is 0.300 e. The Balaban J connectivity index is 2.73. The Bertz CT molecular complexity index is 448. The van der Waals surface area contributed by atoms with E-state index in [1.807, 2.05) is 0 Å². The molecule has 1 atom stereocenters. The summed E-state index contributed by atoms with van der Waals surface area (Å²) in [6, 6.07) is -0.402. The van der Waals surface area contributed by atoms with E-state index in [9.17, 15) is 26.4 Å². The van der Waals surface area contributed by atoms with Gasteiger partial charge in [-0.15, -0.1) is 0 Å². The highest BCUT2D eigenvalue weighted by molar-refractivity contribution is 7.89. The molecule has 1 unspecified atom stereocenters. The zero-order valence-electron chi connectivity index (χ0n) is 12.2. The third-order valence-electron chi connectivity index (χ3n) is 3.57. The van der Waals surface area contributed by atoms with Crippen molar-refractivity contribution in [2.75, 3.05) is 12.3 Å². The molecule has 1 aliphatic rings. The molecular weight excluding hydrogens is 307 g/mol. The summed E-state index contributed by atoms with van der Waals surface area (Å²) in [5.74, 6) is -0.613. The first-order chi connectivity index (χ1) is 9.62. The number of halogens is 3. The molecule has 1 rings (SSSR count). The Hall–Kier alpha value is -0.630. The monoisotopic (exact) mass is 329 g/mol. The molecule has 0 N–H and O–H groups in total. The van der Waals surface area contributed by atoms with Crippen LogP contribution in [-0.2, 0) is 14.8 Å². The first-order valence-electron chi connectivity index (χ1n) is 7.17. The summed E-state index contributed by atoms with van der Waals surface area (Å²) in [5, 5.41) is 0. The number of ketones is 1. The average Bonchev–Trinajstić information content (AvgIpc) is 2.51. The minimum atomic E-state index is -4.34. The van der Waals surface area contributed by atoms with Gasteiger partial charge in [0.1, 0.15) is 5.78 Å². The highest BCUT2D eigenvalue weighted by atomic mass is 32.2. The van der Waals surface area contributed by atoms with Crippen molar-refractivity contribution >= 4 is 15.8 Å². The lowest BCUT2D eigenvalue weighted by atomic mass is 10.1. The van der Waals surface area contributed by atoms with Gasteiger partial charge < -0.3 is 0 Å². The molecule has 0 saturated carbocycles. The van der Waals surface area contributed by atoms with Crippen molar-refractivity contribution in [3.05, 3.63) is 0 Å². The number of sulfonamides is 1. The summed E-state index contributed by atoms with van der Waals surface area (Å²) in [4.78, 5) is 11.3. The van der Waals surface area contributed by atoms with Crippen LogP contribution in [0.15, 0.2) is 0 Å². The van der Waals surface area contributed by atoms with Gasteiger partial charge in [0.15, 0.2) is 0 Å². The lowest BCUT2D eigenvalue weighted by molar-refractivity contribution is -0.134. The molecule has 0 aliphatic carbocycles. The van der Waals surface area contributed by atoms with Crippen LogP contribution in [0, 0.1) is 0 Å². The number of hydrogen-bond donors (Lipinski definition) is 0. The summed E-state index contributed by atoms with van der Waals surface area (Å²) < 4.78 is 62.2. The topological polar surface area (TPSA) is 54.5 Å². The number of carbonyl (C=O) groups excluding carboxylic acids is 1. The van der Waals surface area contributed by atoms with Crippen LogP contribution in [0.3, 0.4) is 0 Å². The van der Waals surface area contributed by atoms with Gasteiger partial charge in [-0.25, -0.2) is 8.42 Å². The molecule has 1 saturated heterocycles. The van der Waals surface area contributed by atoms with Gasteiger partial charge in [-0.1, -0.05) is 12.8 Å². The standard InChI is InChI=1S/C13H22F3NO3S/c1-11(18)10-12-6-3-2-4-8-17(12)21(19,20)9-5-7-13(14,15)16/h12H,2-10H2,1H3. The van der Waals surface area contributed by atoms with E-state index in [1.165, 1.54) is 11.2 Å². The zero-order valence-corrected chi connectivity index (χ0v) is 13.0. The molecule has 124 valence electrons. The van der Waals surface area contributed by atoms with Crippen molar-refractivity contribution in [3.63, 3.8) is 0 Å². The predicted octanol–water partition coefficient (Wildman–Crippen LogP) is 2.88. The maximum absolute atomic E-state index is 12.3. The van der Waals surface area contributed by atoms with E-state index in [-0.39, 0.29) is 12.2 Å². The second kappa shape index (κ2) is 7.58. The van der Waals surface area contributed by atoms with Crippen LogP contribution in [0.25, 0.3) is 0 Å².